The van der Waals surface area contributed by atoms with Gasteiger partial charge in [0.05, 0.1) is 0 Å². The maximum absolute atomic E-state index is 12.8. The summed E-state index contributed by atoms with van der Waals surface area (Å²) < 4.78 is 38.3. The quantitative estimate of drug-likeness (QED) is 0.922. The van der Waals surface area contributed by atoms with Crippen LogP contribution in [0.15, 0.2) is 6.07 Å². The molecule has 1 fully saturated rings. The molecule has 2 rings (SSSR count). The lowest BCUT2D eigenvalue weighted by Gasteiger charge is -2.28. The number of anilines is 2. The zero-order chi connectivity index (χ0) is 15.6. The minimum absolute atomic E-state index is 0.206. The average Bonchev–Trinajstić information content (AvgIpc) is 2.84. The highest BCUT2D eigenvalue weighted by molar-refractivity contribution is 5.43. The third kappa shape index (κ3) is 3.75. The van der Waals surface area contributed by atoms with Crippen molar-refractivity contribution in [2.24, 2.45) is 0 Å². The summed E-state index contributed by atoms with van der Waals surface area (Å²) >= 11 is 0. The van der Waals surface area contributed by atoms with Crippen LogP contribution < -0.4 is 10.6 Å². The summed E-state index contributed by atoms with van der Waals surface area (Å²) in [4.78, 5) is 11.2. The molecule has 0 aromatic carbocycles. The van der Waals surface area contributed by atoms with Crippen molar-refractivity contribution in [2.45, 2.75) is 32.0 Å². The first-order valence-corrected chi connectivity index (χ1v) is 6.98. The van der Waals surface area contributed by atoms with E-state index >= 15 is 0 Å². The van der Waals surface area contributed by atoms with Crippen molar-refractivity contribution in [3.8, 4) is 0 Å². The maximum Gasteiger partial charge on any atom is 0.433 e. The Balaban J connectivity index is 2.15. The standard InChI is InChI=1S/C13H20F3N5/c1-3-21-6-4-5-9(21)8-20(2)11-7-10(13(14,15)16)18-12(17)19-11/h7,9H,3-6,8H2,1-2H3,(H2,17,18,19). The van der Waals surface area contributed by atoms with Crippen LogP contribution in [0, 0.1) is 0 Å². The van der Waals surface area contributed by atoms with Crippen molar-refractivity contribution in [1.29, 1.82) is 0 Å². The smallest absolute Gasteiger partial charge is 0.368 e. The molecule has 1 aliphatic heterocycles. The molecule has 1 saturated heterocycles. The topological polar surface area (TPSA) is 58.3 Å². The van der Waals surface area contributed by atoms with Crippen LogP contribution >= 0.6 is 0 Å². The van der Waals surface area contributed by atoms with Crippen LogP contribution in [0.25, 0.3) is 0 Å². The molecule has 1 unspecified atom stereocenters. The molecular weight excluding hydrogens is 283 g/mol. The summed E-state index contributed by atoms with van der Waals surface area (Å²) in [7, 11) is 1.73. The Labute approximate surface area is 122 Å². The first-order valence-electron chi connectivity index (χ1n) is 6.98. The largest absolute Gasteiger partial charge is 0.433 e. The highest BCUT2D eigenvalue weighted by atomic mass is 19.4. The third-order valence-electron chi connectivity index (χ3n) is 3.80. The van der Waals surface area contributed by atoms with Crippen LogP contribution in [-0.4, -0.2) is 47.6 Å². The molecule has 1 aliphatic rings. The number of likely N-dealkylation sites (tertiary alicyclic amines) is 1. The fraction of sp³-hybridized carbons (Fsp3) is 0.692. The van der Waals surface area contributed by atoms with Gasteiger partial charge in [-0.2, -0.15) is 18.2 Å². The summed E-state index contributed by atoms with van der Waals surface area (Å²) in [6.45, 7) is 4.69. The second kappa shape index (κ2) is 6.05. The fourth-order valence-electron chi connectivity index (χ4n) is 2.72. The molecule has 0 aliphatic carbocycles. The van der Waals surface area contributed by atoms with E-state index in [9.17, 15) is 13.2 Å². The molecule has 1 aromatic rings. The normalized spacial score (nSPS) is 20.0. The Morgan fingerprint density at radius 2 is 2.14 bits per heavy atom. The van der Waals surface area contributed by atoms with Crippen molar-refractivity contribution >= 4 is 11.8 Å². The van der Waals surface area contributed by atoms with Crippen LogP contribution in [-0.2, 0) is 6.18 Å². The molecule has 2 heterocycles. The average molecular weight is 303 g/mol. The van der Waals surface area contributed by atoms with E-state index in [0.717, 1.165) is 32.0 Å². The number of hydrogen-bond donors (Lipinski definition) is 1. The van der Waals surface area contributed by atoms with Crippen molar-refractivity contribution in [3.05, 3.63) is 11.8 Å². The minimum atomic E-state index is -4.52. The highest BCUT2D eigenvalue weighted by Gasteiger charge is 2.34. The Hall–Kier alpha value is -1.57. The molecule has 1 atom stereocenters. The van der Waals surface area contributed by atoms with Gasteiger partial charge < -0.3 is 10.6 Å². The lowest BCUT2D eigenvalue weighted by Crippen LogP contribution is -2.39. The molecule has 5 nitrogen and oxygen atoms in total. The SMILES string of the molecule is CCN1CCCC1CN(C)c1cc(C(F)(F)F)nc(N)n1. The Morgan fingerprint density at radius 3 is 2.76 bits per heavy atom. The number of rotatable bonds is 4. The number of halogens is 3. The van der Waals surface area contributed by atoms with E-state index in [1.165, 1.54) is 0 Å². The van der Waals surface area contributed by atoms with Crippen molar-refractivity contribution in [2.75, 3.05) is 37.3 Å². The number of aromatic nitrogens is 2. The van der Waals surface area contributed by atoms with Gasteiger partial charge in [-0.15, -0.1) is 0 Å². The first-order chi connectivity index (χ1) is 9.81. The Kier molecular flexibility index (Phi) is 4.55. The van der Waals surface area contributed by atoms with Gasteiger partial charge in [0, 0.05) is 25.7 Å². The molecule has 1 aromatic heterocycles. The van der Waals surface area contributed by atoms with Gasteiger partial charge in [0.15, 0.2) is 5.69 Å². The van der Waals surface area contributed by atoms with Crippen LogP contribution in [0.2, 0.25) is 0 Å². The molecule has 0 radical (unpaired) electrons. The Morgan fingerprint density at radius 1 is 1.43 bits per heavy atom. The predicted octanol–water partition coefficient (Wildman–Crippen LogP) is 2.00. The van der Waals surface area contributed by atoms with E-state index < -0.39 is 11.9 Å². The number of nitrogen functional groups attached to an aromatic ring is 1. The molecular formula is C13H20F3N5. The summed E-state index contributed by atoms with van der Waals surface area (Å²) in [6, 6.07) is 1.28. The van der Waals surface area contributed by atoms with Gasteiger partial charge in [0.25, 0.3) is 0 Å². The summed E-state index contributed by atoms with van der Waals surface area (Å²) in [5.41, 5.74) is 4.39. The molecule has 21 heavy (non-hydrogen) atoms. The number of hydrogen-bond acceptors (Lipinski definition) is 5. The lowest BCUT2D eigenvalue weighted by molar-refractivity contribution is -0.141. The zero-order valence-corrected chi connectivity index (χ0v) is 12.2. The van der Waals surface area contributed by atoms with E-state index in [-0.39, 0.29) is 11.8 Å². The maximum atomic E-state index is 12.8. The van der Waals surface area contributed by atoms with Gasteiger partial charge in [-0.25, -0.2) is 4.98 Å². The highest BCUT2D eigenvalue weighted by Crippen LogP contribution is 2.30. The molecule has 0 saturated carbocycles. The number of nitrogens with zero attached hydrogens (tertiary/aromatic N) is 4. The Bertz CT molecular complexity index is 491. The number of likely N-dealkylation sites (N-methyl/N-ethyl adjacent to an activating group) is 2. The first kappa shape index (κ1) is 15.8. The summed E-state index contributed by atoms with van der Waals surface area (Å²) in [5, 5.41) is 0. The van der Waals surface area contributed by atoms with Crippen LogP contribution in [0.1, 0.15) is 25.5 Å². The van der Waals surface area contributed by atoms with E-state index in [1.54, 1.807) is 11.9 Å². The van der Waals surface area contributed by atoms with Gasteiger partial charge in [-0.05, 0) is 25.9 Å². The molecule has 0 bridgehead atoms. The van der Waals surface area contributed by atoms with Gasteiger partial charge >= 0.3 is 6.18 Å². The second-order valence-electron chi connectivity index (χ2n) is 5.27. The van der Waals surface area contributed by atoms with E-state index in [0.29, 0.717) is 12.6 Å². The minimum Gasteiger partial charge on any atom is -0.368 e. The van der Waals surface area contributed by atoms with Crippen LogP contribution in [0.4, 0.5) is 24.9 Å². The molecule has 2 N–H and O–H groups in total. The van der Waals surface area contributed by atoms with Crippen LogP contribution in [0.3, 0.4) is 0 Å². The van der Waals surface area contributed by atoms with E-state index in [1.807, 2.05) is 0 Å². The summed E-state index contributed by atoms with van der Waals surface area (Å²) in [5.74, 6) is -0.150. The lowest BCUT2D eigenvalue weighted by atomic mass is 10.2. The molecule has 8 heteroatoms. The van der Waals surface area contributed by atoms with Gasteiger partial charge in [-0.3, -0.25) is 4.90 Å². The third-order valence-corrected chi connectivity index (χ3v) is 3.80. The van der Waals surface area contributed by atoms with E-state index in [4.69, 9.17) is 5.73 Å². The molecule has 118 valence electrons. The summed E-state index contributed by atoms with van der Waals surface area (Å²) in [6.07, 6.45) is -2.35. The van der Waals surface area contributed by atoms with Crippen LogP contribution in [0.5, 0.6) is 0 Å². The molecule has 0 spiro atoms. The fourth-order valence-corrected chi connectivity index (χ4v) is 2.72. The second-order valence-corrected chi connectivity index (χ2v) is 5.27. The van der Waals surface area contributed by atoms with E-state index in [2.05, 4.69) is 21.8 Å². The number of alkyl halides is 3. The van der Waals surface area contributed by atoms with Crippen molar-refractivity contribution in [3.63, 3.8) is 0 Å². The zero-order valence-electron chi connectivity index (χ0n) is 12.2. The number of nitrogens with two attached hydrogens (primary N) is 1. The van der Waals surface area contributed by atoms with Gasteiger partial charge in [0.2, 0.25) is 5.95 Å². The van der Waals surface area contributed by atoms with Gasteiger partial charge in [0.1, 0.15) is 5.82 Å². The monoisotopic (exact) mass is 303 g/mol. The van der Waals surface area contributed by atoms with Crippen molar-refractivity contribution < 1.29 is 13.2 Å². The predicted molar refractivity (Wildman–Crippen MR) is 75.0 cm³/mol. The van der Waals surface area contributed by atoms with Gasteiger partial charge in [-0.1, -0.05) is 6.92 Å². The van der Waals surface area contributed by atoms with Crippen molar-refractivity contribution in [1.82, 2.24) is 14.9 Å². The molecule has 0 amide bonds.